The molecule has 1 atom stereocenters. The van der Waals surface area contributed by atoms with Crippen molar-refractivity contribution in [2.45, 2.75) is 39.0 Å². The van der Waals surface area contributed by atoms with Gasteiger partial charge in [0.2, 0.25) is 0 Å². The van der Waals surface area contributed by atoms with Crippen LogP contribution in [0.2, 0.25) is 0 Å². The van der Waals surface area contributed by atoms with Crippen molar-refractivity contribution in [2.75, 3.05) is 18.9 Å². The molecule has 0 saturated carbocycles. The molecule has 0 aliphatic rings. The molecule has 1 unspecified atom stereocenters. The molecule has 0 saturated heterocycles. The lowest BCUT2D eigenvalue weighted by atomic mass is 10.1. The summed E-state index contributed by atoms with van der Waals surface area (Å²) in [5.41, 5.74) is 5.13. The first-order valence-corrected chi connectivity index (χ1v) is 8.24. The summed E-state index contributed by atoms with van der Waals surface area (Å²) in [6.45, 7) is 1.94. The molecule has 0 aromatic rings. The van der Waals surface area contributed by atoms with E-state index in [1.54, 1.807) is 0 Å². The Morgan fingerprint density at radius 2 is 1.90 bits per heavy atom. The molecule has 118 valence electrons. The van der Waals surface area contributed by atoms with Crippen molar-refractivity contribution < 1.29 is 27.3 Å². The molecule has 8 heteroatoms. The molecule has 0 radical (unpaired) electrons. The Bertz CT molecular complexity index is 406. The van der Waals surface area contributed by atoms with Gasteiger partial charge in [0, 0.05) is 6.42 Å². The minimum absolute atomic E-state index is 0.178. The van der Waals surface area contributed by atoms with E-state index >= 15 is 0 Å². The van der Waals surface area contributed by atoms with Gasteiger partial charge in [-0.05, 0) is 6.42 Å². The Balaban J connectivity index is 4.37. The van der Waals surface area contributed by atoms with Crippen LogP contribution in [0, 0.1) is 5.92 Å². The molecular weight excluding hydrogens is 286 g/mol. The number of unbranched alkanes of at least 4 members (excludes halogenated alkanes) is 3. The topological polar surface area (TPSA) is 124 Å². The van der Waals surface area contributed by atoms with E-state index in [1.165, 1.54) is 0 Å². The number of carbonyl (C=O) groups excluding carboxylic acids is 2. The Hall–Kier alpha value is -0.990. The summed E-state index contributed by atoms with van der Waals surface area (Å²) in [4.78, 5) is 22.9. The minimum atomic E-state index is -4.36. The lowest BCUT2D eigenvalue weighted by Gasteiger charge is -2.13. The zero-order valence-corrected chi connectivity index (χ0v) is 12.5. The van der Waals surface area contributed by atoms with Crippen molar-refractivity contribution in [2.24, 2.45) is 11.7 Å². The van der Waals surface area contributed by atoms with Crippen LogP contribution in [0.15, 0.2) is 0 Å². The number of ether oxygens (including phenoxy) is 1. The molecule has 3 N–H and O–H groups in total. The van der Waals surface area contributed by atoms with Crippen LogP contribution in [0.4, 0.5) is 0 Å². The first-order chi connectivity index (χ1) is 9.30. The van der Waals surface area contributed by atoms with Crippen LogP contribution >= 0.6 is 0 Å². The van der Waals surface area contributed by atoms with Crippen LogP contribution < -0.4 is 5.73 Å². The number of nitrogens with two attached hydrogens (primary N) is 1. The summed E-state index contributed by atoms with van der Waals surface area (Å²) in [6, 6.07) is 0. The van der Waals surface area contributed by atoms with Gasteiger partial charge in [0.05, 0.1) is 24.8 Å². The van der Waals surface area contributed by atoms with Gasteiger partial charge in [-0.1, -0.05) is 26.2 Å². The molecule has 0 aliphatic carbocycles. The highest BCUT2D eigenvalue weighted by Gasteiger charge is 2.27. The summed E-state index contributed by atoms with van der Waals surface area (Å²) < 4.78 is 35.4. The van der Waals surface area contributed by atoms with E-state index in [1.807, 2.05) is 6.92 Å². The normalized spacial score (nSPS) is 12.9. The van der Waals surface area contributed by atoms with Crippen molar-refractivity contribution in [3.8, 4) is 0 Å². The van der Waals surface area contributed by atoms with E-state index in [2.05, 4.69) is 0 Å². The lowest BCUT2D eigenvalue weighted by molar-refractivity contribution is -0.149. The third-order valence-corrected chi connectivity index (χ3v) is 3.51. The maximum atomic E-state index is 11.7. The fraction of sp³-hybridized carbons (Fsp3) is 0.833. The Morgan fingerprint density at radius 3 is 2.40 bits per heavy atom. The smallest absolute Gasteiger partial charge is 0.310 e. The summed E-state index contributed by atoms with van der Waals surface area (Å²) in [6.07, 6.45) is 3.32. The monoisotopic (exact) mass is 309 g/mol. The van der Waals surface area contributed by atoms with Crippen molar-refractivity contribution in [1.82, 2.24) is 0 Å². The molecule has 0 aliphatic heterocycles. The lowest BCUT2D eigenvalue weighted by Crippen LogP contribution is -2.30. The summed E-state index contributed by atoms with van der Waals surface area (Å²) >= 11 is 0. The predicted octanol–water partition coefficient (Wildman–Crippen LogP) is 0.532. The summed E-state index contributed by atoms with van der Waals surface area (Å²) in [5, 5.41) is 0. The van der Waals surface area contributed by atoms with Crippen molar-refractivity contribution in [3.63, 3.8) is 0 Å². The van der Waals surface area contributed by atoms with Crippen LogP contribution in [-0.4, -0.2) is 43.6 Å². The van der Waals surface area contributed by atoms with Gasteiger partial charge in [-0.25, -0.2) is 0 Å². The standard InChI is InChI=1S/C12H23NO6S/c1-2-3-4-5-6-19-12(15)10(7-11(14)8-13)9-20(16,17)18/h10H,2-9,13H2,1H3,(H,16,17,18). The second kappa shape index (κ2) is 9.84. The van der Waals surface area contributed by atoms with Crippen molar-refractivity contribution in [1.29, 1.82) is 0 Å². The number of esters is 1. The molecule has 0 heterocycles. The molecule has 0 spiro atoms. The molecule has 0 aromatic carbocycles. The minimum Gasteiger partial charge on any atom is -0.465 e. The highest BCUT2D eigenvalue weighted by atomic mass is 32.2. The third-order valence-electron chi connectivity index (χ3n) is 2.69. The maximum Gasteiger partial charge on any atom is 0.310 e. The molecule has 7 nitrogen and oxygen atoms in total. The van der Waals surface area contributed by atoms with Crippen LogP contribution in [0.1, 0.15) is 39.0 Å². The van der Waals surface area contributed by atoms with Crippen LogP contribution in [0.3, 0.4) is 0 Å². The van der Waals surface area contributed by atoms with Crippen LogP contribution in [0.25, 0.3) is 0 Å². The van der Waals surface area contributed by atoms with E-state index in [0.29, 0.717) is 6.42 Å². The van der Waals surface area contributed by atoms with Gasteiger partial charge in [0.1, 0.15) is 5.78 Å². The zero-order chi connectivity index (χ0) is 15.6. The first-order valence-electron chi connectivity index (χ1n) is 6.63. The van der Waals surface area contributed by atoms with Gasteiger partial charge in [-0.2, -0.15) is 8.42 Å². The molecular formula is C12H23NO6S. The molecule has 20 heavy (non-hydrogen) atoms. The van der Waals surface area contributed by atoms with E-state index in [0.717, 1.165) is 19.3 Å². The number of Topliss-reactive ketones (excluding diaryl/α,β-unsaturated/α-hetero) is 1. The average Bonchev–Trinajstić information content (AvgIpc) is 2.35. The Labute approximate surface area is 119 Å². The summed E-state index contributed by atoms with van der Waals surface area (Å²) in [5.74, 6) is -3.28. The highest BCUT2D eigenvalue weighted by Crippen LogP contribution is 2.11. The van der Waals surface area contributed by atoms with E-state index in [4.69, 9.17) is 15.0 Å². The number of carbonyl (C=O) groups is 2. The number of rotatable bonds is 11. The van der Waals surface area contributed by atoms with E-state index < -0.39 is 33.5 Å². The number of hydrogen-bond acceptors (Lipinski definition) is 6. The Kier molecular flexibility index (Phi) is 9.35. The molecule has 0 amide bonds. The van der Waals surface area contributed by atoms with Crippen LogP contribution in [-0.2, 0) is 24.4 Å². The Morgan fingerprint density at radius 1 is 1.25 bits per heavy atom. The summed E-state index contributed by atoms with van der Waals surface area (Å²) in [7, 11) is -4.36. The number of ketones is 1. The second-order valence-electron chi connectivity index (χ2n) is 4.62. The number of hydrogen-bond donors (Lipinski definition) is 2. The second-order valence-corrected chi connectivity index (χ2v) is 6.12. The third kappa shape index (κ3) is 9.88. The molecule has 0 fully saturated rings. The van der Waals surface area contributed by atoms with Gasteiger partial charge < -0.3 is 10.5 Å². The maximum absolute atomic E-state index is 11.7. The predicted molar refractivity (Wildman–Crippen MR) is 73.7 cm³/mol. The van der Waals surface area contributed by atoms with E-state index in [9.17, 15) is 18.0 Å². The van der Waals surface area contributed by atoms with Gasteiger partial charge in [0.25, 0.3) is 10.1 Å². The van der Waals surface area contributed by atoms with Gasteiger partial charge in [0.15, 0.2) is 0 Å². The van der Waals surface area contributed by atoms with Crippen molar-refractivity contribution >= 4 is 21.9 Å². The van der Waals surface area contributed by atoms with E-state index in [-0.39, 0.29) is 19.6 Å². The fourth-order valence-electron chi connectivity index (χ4n) is 1.64. The van der Waals surface area contributed by atoms with Gasteiger partial charge in [-0.3, -0.25) is 14.1 Å². The average molecular weight is 309 g/mol. The first kappa shape index (κ1) is 19.0. The highest BCUT2D eigenvalue weighted by molar-refractivity contribution is 7.85. The zero-order valence-electron chi connectivity index (χ0n) is 11.7. The quantitative estimate of drug-likeness (QED) is 0.324. The molecule has 0 rings (SSSR count). The SMILES string of the molecule is CCCCCCOC(=O)C(CC(=O)CN)CS(=O)(=O)O. The van der Waals surface area contributed by atoms with Crippen molar-refractivity contribution in [3.05, 3.63) is 0 Å². The molecule has 0 aromatic heterocycles. The van der Waals surface area contributed by atoms with Gasteiger partial charge in [-0.15, -0.1) is 0 Å². The van der Waals surface area contributed by atoms with Gasteiger partial charge >= 0.3 is 5.97 Å². The fourth-order valence-corrected chi connectivity index (χ4v) is 2.40. The van der Waals surface area contributed by atoms with Crippen LogP contribution in [0.5, 0.6) is 0 Å². The largest absolute Gasteiger partial charge is 0.465 e. The molecule has 0 bridgehead atoms.